The topological polar surface area (TPSA) is 68.6 Å². The van der Waals surface area contributed by atoms with Gasteiger partial charge < -0.3 is 20.4 Å². The number of aromatic nitrogens is 1. The lowest BCUT2D eigenvalue weighted by molar-refractivity contribution is -0.137. The third-order valence-electron chi connectivity index (χ3n) is 3.54. The van der Waals surface area contributed by atoms with Crippen LogP contribution in [-0.4, -0.2) is 48.5 Å². The summed E-state index contributed by atoms with van der Waals surface area (Å²) in [5.74, 6) is 0.417. The van der Waals surface area contributed by atoms with E-state index in [4.69, 9.17) is 5.11 Å². The van der Waals surface area contributed by atoms with Crippen molar-refractivity contribution in [1.29, 1.82) is 0 Å². The maximum absolute atomic E-state index is 13.0. The molecule has 2 rings (SSSR count). The zero-order chi connectivity index (χ0) is 18.6. The van der Waals surface area contributed by atoms with Crippen LogP contribution in [0.4, 0.5) is 24.7 Å². The van der Waals surface area contributed by atoms with E-state index in [0.29, 0.717) is 22.6 Å². The fraction of sp³-hybridized carbons (Fsp3) is 0.353. The number of aliphatic hydroxyl groups is 2. The maximum atomic E-state index is 13.0. The highest BCUT2D eigenvalue weighted by Gasteiger charge is 2.32. The van der Waals surface area contributed by atoms with Gasteiger partial charge in [0, 0.05) is 38.1 Å². The summed E-state index contributed by atoms with van der Waals surface area (Å²) in [6, 6.07) is 7.86. The molecule has 0 fully saturated rings. The summed E-state index contributed by atoms with van der Waals surface area (Å²) in [5, 5.41) is 21.2. The van der Waals surface area contributed by atoms with Gasteiger partial charge in [-0.3, -0.25) is 0 Å². The van der Waals surface area contributed by atoms with Crippen molar-refractivity contribution in [1.82, 2.24) is 4.98 Å². The quantitative estimate of drug-likeness (QED) is 0.743. The van der Waals surface area contributed by atoms with Gasteiger partial charge in [0.15, 0.2) is 0 Å². The molecule has 0 saturated carbocycles. The molecule has 1 heterocycles. The Balaban J connectivity index is 2.42. The summed E-state index contributed by atoms with van der Waals surface area (Å²) >= 11 is 0. The average molecular weight is 355 g/mol. The molecule has 0 radical (unpaired) electrons. The second-order valence-electron chi connectivity index (χ2n) is 5.79. The third kappa shape index (κ3) is 4.83. The van der Waals surface area contributed by atoms with E-state index in [-0.39, 0.29) is 13.2 Å². The normalized spacial score (nSPS) is 12.8. The first-order valence-electron chi connectivity index (χ1n) is 7.60. The number of hydrogen-bond acceptors (Lipinski definition) is 5. The molecule has 5 nitrogen and oxygen atoms in total. The summed E-state index contributed by atoms with van der Waals surface area (Å²) in [5.41, 5.74) is 0.714. The molecule has 0 aliphatic heterocycles. The molecule has 0 aliphatic rings. The van der Waals surface area contributed by atoms with Gasteiger partial charge in [0.25, 0.3) is 0 Å². The largest absolute Gasteiger partial charge is 0.417 e. The Bertz CT molecular complexity index is 721. The van der Waals surface area contributed by atoms with E-state index < -0.39 is 17.8 Å². The van der Waals surface area contributed by atoms with E-state index >= 15 is 0 Å². The fourth-order valence-corrected chi connectivity index (χ4v) is 2.28. The van der Waals surface area contributed by atoms with Crippen molar-refractivity contribution in [2.45, 2.75) is 12.3 Å². The van der Waals surface area contributed by atoms with Crippen LogP contribution in [0.15, 0.2) is 36.5 Å². The summed E-state index contributed by atoms with van der Waals surface area (Å²) in [6.45, 7) is -0.254. The molecule has 0 bridgehead atoms. The van der Waals surface area contributed by atoms with E-state index in [1.807, 2.05) is 0 Å². The smallest absolute Gasteiger partial charge is 0.394 e. The lowest BCUT2D eigenvalue weighted by Crippen LogP contribution is -2.22. The molecule has 0 saturated heterocycles. The Labute approximate surface area is 143 Å². The second-order valence-corrected chi connectivity index (χ2v) is 5.79. The first-order chi connectivity index (χ1) is 11.7. The molecule has 0 aliphatic carbocycles. The van der Waals surface area contributed by atoms with Crippen LogP contribution in [0.2, 0.25) is 0 Å². The average Bonchev–Trinajstić information content (AvgIpc) is 2.58. The van der Waals surface area contributed by atoms with Crippen LogP contribution < -0.4 is 10.2 Å². The number of pyridine rings is 1. The molecular formula is C17H20F3N3O2. The van der Waals surface area contributed by atoms with Crippen molar-refractivity contribution in [3.63, 3.8) is 0 Å². The Morgan fingerprint density at radius 2 is 1.96 bits per heavy atom. The number of alkyl halides is 3. The van der Waals surface area contributed by atoms with Gasteiger partial charge in [-0.25, -0.2) is 4.98 Å². The molecule has 3 N–H and O–H groups in total. The first-order valence-corrected chi connectivity index (χ1v) is 7.60. The molecule has 1 atom stereocenters. The number of halogens is 3. The Morgan fingerprint density at radius 1 is 1.24 bits per heavy atom. The monoisotopic (exact) mass is 355 g/mol. The van der Waals surface area contributed by atoms with Gasteiger partial charge >= 0.3 is 6.18 Å². The van der Waals surface area contributed by atoms with Gasteiger partial charge in [-0.1, -0.05) is 12.1 Å². The molecule has 0 amide bonds. The molecule has 8 heteroatoms. The van der Waals surface area contributed by atoms with Gasteiger partial charge in [0.2, 0.25) is 0 Å². The highest BCUT2D eigenvalue weighted by atomic mass is 19.4. The predicted octanol–water partition coefficient (Wildman–Crippen LogP) is 2.60. The predicted molar refractivity (Wildman–Crippen MR) is 90.6 cm³/mol. The van der Waals surface area contributed by atoms with Gasteiger partial charge in [-0.2, -0.15) is 13.2 Å². The van der Waals surface area contributed by atoms with E-state index in [1.165, 1.54) is 0 Å². The van der Waals surface area contributed by atoms with Crippen molar-refractivity contribution < 1.29 is 23.4 Å². The second kappa shape index (κ2) is 7.71. The standard InChI is InChI=1S/C17H20F3N3O2/c1-23(2)16-15(7-12(8-22-16)17(18,19)20)11-4-3-5-13(6-11)21-9-14(25)10-24/h3-8,14,21,24-25H,9-10H2,1-2H3. The number of nitrogens with zero attached hydrogens (tertiary/aromatic N) is 2. The number of anilines is 2. The lowest BCUT2D eigenvalue weighted by Gasteiger charge is -2.19. The van der Waals surface area contributed by atoms with Crippen molar-refractivity contribution in [3.8, 4) is 11.1 Å². The maximum Gasteiger partial charge on any atom is 0.417 e. The van der Waals surface area contributed by atoms with E-state index in [9.17, 15) is 18.3 Å². The van der Waals surface area contributed by atoms with Crippen molar-refractivity contribution in [3.05, 3.63) is 42.1 Å². The summed E-state index contributed by atoms with van der Waals surface area (Å²) in [6.07, 6.45) is -4.58. The van der Waals surface area contributed by atoms with Crippen molar-refractivity contribution in [2.75, 3.05) is 37.5 Å². The Hall–Kier alpha value is -2.32. The van der Waals surface area contributed by atoms with Crippen molar-refractivity contribution >= 4 is 11.5 Å². The number of rotatable bonds is 6. The van der Waals surface area contributed by atoms with Gasteiger partial charge in [-0.05, 0) is 23.8 Å². The number of aliphatic hydroxyl groups excluding tert-OH is 2. The van der Waals surface area contributed by atoms with Crippen LogP contribution in [0, 0.1) is 0 Å². The van der Waals surface area contributed by atoms with E-state index in [0.717, 1.165) is 12.3 Å². The van der Waals surface area contributed by atoms with Crippen molar-refractivity contribution in [2.24, 2.45) is 0 Å². The number of nitrogens with one attached hydrogen (secondary N) is 1. The van der Waals surface area contributed by atoms with Crippen LogP contribution >= 0.6 is 0 Å². The fourth-order valence-electron chi connectivity index (χ4n) is 2.28. The third-order valence-corrected chi connectivity index (χ3v) is 3.54. The van der Waals surface area contributed by atoms with Gasteiger partial charge in [-0.15, -0.1) is 0 Å². The first kappa shape index (κ1) is 19.0. The lowest BCUT2D eigenvalue weighted by atomic mass is 10.0. The zero-order valence-corrected chi connectivity index (χ0v) is 13.9. The number of hydrogen-bond donors (Lipinski definition) is 3. The summed E-state index contributed by atoms with van der Waals surface area (Å²) in [4.78, 5) is 5.59. The minimum absolute atomic E-state index is 0.126. The van der Waals surface area contributed by atoms with E-state index in [2.05, 4.69) is 10.3 Å². The minimum atomic E-state index is -4.48. The van der Waals surface area contributed by atoms with Crippen LogP contribution in [0.1, 0.15) is 5.56 Å². The molecule has 25 heavy (non-hydrogen) atoms. The van der Waals surface area contributed by atoms with Gasteiger partial charge in [0.1, 0.15) is 5.82 Å². The Kier molecular flexibility index (Phi) is 5.86. The molecular weight excluding hydrogens is 335 g/mol. The zero-order valence-electron chi connectivity index (χ0n) is 13.9. The highest BCUT2D eigenvalue weighted by molar-refractivity contribution is 5.78. The van der Waals surface area contributed by atoms with E-state index in [1.54, 1.807) is 43.3 Å². The molecule has 136 valence electrons. The molecule has 2 aromatic rings. The summed E-state index contributed by atoms with van der Waals surface area (Å²) < 4.78 is 39.1. The Morgan fingerprint density at radius 3 is 2.56 bits per heavy atom. The summed E-state index contributed by atoms with van der Waals surface area (Å²) in [7, 11) is 3.41. The minimum Gasteiger partial charge on any atom is -0.394 e. The van der Waals surface area contributed by atoms with Gasteiger partial charge in [0.05, 0.1) is 18.3 Å². The van der Waals surface area contributed by atoms with Crippen LogP contribution in [0.3, 0.4) is 0 Å². The molecule has 1 aromatic heterocycles. The van der Waals surface area contributed by atoms with Crippen LogP contribution in [-0.2, 0) is 6.18 Å². The SMILES string of the molecule is CN(C)c1ncc(C(F)(F)F)cc1-c1cccc(NCC(O)CO)c1. The highest BCUT2D eigenvalue weighted by Crippen LogP contribution is 2.36. The number of benzene rings is 1. The molecule has 0 spiro atoms. The molecule has 1 unspecified atom stereocenters. The molecule has 1 aromatic carbocycles. The van der Waals surface area contributed by atoms with Crippen LogP contribution in [0.5, 0.6) is 0 Å². The van der Waals surface area contributed by atoms with Crippen LogP contribution in [0.25, 0.3) is 11.1 Å².